The Balaban J connectivity index is 2.71. The van der Waals surface area contributed by atoms with Crippen LogP contribution in [0.5, 0.6) is 0 Å². The fourth-order valence-electron chi connectivity index (χ4n) is 1.69. The molecule has 0 spiro atoms. The highest BCUT2D eigenvalue weighted by Crippen LogP contribution is 2.06. The Kier molecular flexibility index (Phi) is 4.69. The summed E-state index contributed by atoms with van der Waals surface area (Å²) in [7, 11) is 0. The zero-order valence-corrected chi connectivity index (χ0v) is 10.2. The van der Waals surface area contributed by atoms with Gasteiger partial charge in [0.25, 0.3) is 0 Å². The molecule has 0 heterocycles. The summed E-state index contributed by atoms with van der Waals surface area (Å²) < 4.78 is 0. The van der Waals surface area contributed by atoms with Gasteiger partial charge in [0.1, 0.15) is 6.04 Å². The van der Waals surface area contributed by atoms with E-state index in [-0.39, 0.29) is 5.91 Å². The van der Waals surface area contributed by atoms with Crippen molar-refractivity contribution in [1.82, 2.24) is 4.90 Å². The van der Waals surface area contributed by atoms with Crippen molar-refractivity contribution in [3.8, 4) is 0 Å². The van der Waals surface area contributed by atoms with E-state index in [1.807, 2.05) is 37.3 Å². The molecule has 1 atom stereocenters. The average molecular weight is 234 g/mol. The van der Waals surface area contributed by atoms with Crippen molar-refractivity contribution in [3.63, 3.8) is 0 Å². The summed E-state index contributed by atoms with van der Waals surface area (Å²) in [5.41, 5.74) is 6.15. The summed E-state index contributed by atoms with van der Waals surface area (Å²) in [5, 5.41) is 0. The van der Waals surface area contributed by atoms with Gasteiger partial charge in [0.2, 0.25) is 11.8 Å². The quantitative estimate of drug-likeness (QED) is 0.824. The molecule has 0 aliphatic carbocycles. The van der Waals surface area contributed by atoms with Gasteiger partial charge in [-0.1, -0.05) is 30.3 Å². The number of likely N-dealkylation sites (N-methyl/N-ethyl adjacent to an activating group) is 1. The molecule has 0 fully saturated rings. The Morgan fingerprint density at radius 3 is 2.35 bits per heavy atom. The molecule has 0 saturated carbocycles. The van der Waals surface area contributed by atoms with Crippen LogP contribution >= 0.6 is 0 Å². The maximum atomic E-state index is 12.0. The van der Waals surface area contributed by atoms with Gasteiger partial charge < -0.3 is 10.6 Å². The summed E-state index contributed by atoms with van der Waals surface area (Å²) in [6.45, 7) is 3.97. The average Bonchev–Trinajstić information content (AvgIpc) is 2.30. The minimum Gasteiger partial charge on any atom is -0.368 e. The molecular weight excluding hydrogens is 216 g/mol. The SMILES string of the molecule is CCN(C(=O)Cc1ccccc1)C(C)C(N)=O. The number of nitrogens with two attached hydrogens (primary N) is 1. The lowest BCUT2D eigenvalue weighted by Crippen LogP contribution is -2.46. The second-order valence-corrected chi connectivity index (χ2v) is 3.92. The molecule has 1 rings (SSSR count). The molecule has 0 aromatic heterocycles. The van der Waals surface area contributed by atoms with E-state index >= 15 is 0 Å². The third-order valence-corrected chi connectivity index (χ3v) is 2.74. The Morgan fingerprint density at radius 1 is 1.29 bits per heavy atom. The van der Waals surface area contributed by atoms with Crippen LogP contribution in [0.4, 0.5) is 0 Å². The van der Waals surface area contributed by atoms with Gasteiger partial charge >= 0.3 is 0 Å². The largest absolute Gasteiger partial charge is 0.368 e. The van der Waals surface area contributed by atoms with Crippen molar-refractivity contribution in [2.24, 2.45) is 5.73 Å². The minimum absolute atomic E-state index is 0.0787. The zero-order chi connectivity index (χ0) is 12.8. The van der Waals surface area contributed by atoms with E-state index in [0.717, 1.165) is 5.56 Å². The lowest BCUT2D eigenvalue weighted by atomic mass is 10.1. The lowest BCUT2D eigenvalue weighted by Gasteiger charge is -2.25. The number of hydrogen-bond donors (Lipinski definition) is 1. The fourth-order valence-corrected chi connectivity index (χ4v) is 1.69. The highest BCUT2D eigenvalue weighted by molar-refractivity contribution is 5.87. The number of primary amides is 1. The van der Waals surface area contributed by atoms with Crippen molar-refractivity contribution in [2.45, 2.75) is 26.3 Å². The van der Waals surface area contributed by atoms with E-state index in [1.54, 1.807) is 6.92 Å². The van der Waals surface area contributed by atoms with Crippen LogP contribution in [-0.2, 0) is 16.0 Å². The van der Waals surface area contributed by atoms with E-state index in [2.05, 4.69) is 0 Å². The maximum absolute atomic E-state index is 12.0. The van der Waals surface area contributed by atoms with Crippen LogP contribution in [0.2, 0.25) is 0 Å². The van der Waals surface area contributed by atoms with Crippen molar-refractivity contribution >= 4 is 11.8 Å². The van der Waals surface area contributed by atoms with Gasteiger partial charge in [-0.25, -0.2) is 0 Å². The van der Waals surface area contributed by atoms with E-state index in [1.165, 1.54) is 4.90 Å². The van der Waals surface area contributed by atoms with Crippen LogP contribution in [0.15, 0.2) is 30.3 Å². The van der Waals surface area contributed by atoms with Crippen LogP contribution in [0, 0.1) is 0 Å². The molecule has 0 saturated heterocycles. The number of rotatable bonds is 5. The van der Waals surface area contributed by atoms with E-state index in [9.17, 15) is 9.59 Å². The normalized spacial score (nSPS) is 11.9. The maximum Gasteiger partial charge on any atom is 0.239 e. The first kappa shape index (κ1) is 13.2. The molecule has 1 unspecified atom stereocenters. The Labute approximate surface area is 101 Å². The predicted octanol–water partition coefficient (Wildman–Crippen LogP) is 0.951. The first-order valence-corrected chi connectivity index (χ1v) is 5.69. The van der Waals surface area contributed by atoms with E-state index < -0.39 is 11.9 Å². The molecule has 2 N–H and O–H groups in total. The summed E-state index contributed by atoms with van der Waals surface area (Å²) in [5.74, 6) is -0.557. The molecule has 4 nitrogen and oxygen atoms in total. The molecule has 17 heavy (non-hydrogen) atoms. The van der Waals surface area contributed by atoms with Crippen LogP contribution < -0.4 is 5.73 Å². The van der Waals surface area contributed by atoms with E-state index in [0.29, 0.717) is 13.0 Å². The summed E-state index contributed by atoms with van der Waals surface area (Å²) in [6, 6.07) is 8.89. The third-order valence-electron chi connectivity index (χ3n) is 2.74. The van der Waals surface area contributed by atoms with Crippen LogP contribution in [0.25, 0.3) is 0 Å². The van der Waals surface area contributed by atoms with Crippen LogP contribution in [-0.4, -0.2) is 29.3 Å². The molecular formula is C13H18N2O2. The van der Waals surface area contributed by atoms with Gasteiger partial charge in [-0.15, -0.1) is 0 Å². The summed E-state index contributed by atoms with van der Waals surface area (Å²) >= 11 is 0. The Hall–Kier alpha value is -1.84. The highest BCUT2D eigenvalue weighted by atomic mass is 16.2. The molecule has 0 bridgehead atoms. The summed E-state index contributed by atoms with van der Waals surface area (Å²) in [4.78, 5) is 24.6. The Morgan fingerprint density at radius 2 is 1.88 bits per heavy atom. The highest BCUT2D eigenvalue weighted by Gasteiger charge is 2.22. The molecule has 0 aliphatic heterocycles. The standard InChI is InChI=1S/C13H18N2O2/c1-3-15(10(2)13(14)17)12(16)9-11-7-5-4-6-8-11/h4-8,10H,3,9H2,1-2H3,(H2,14,17). The van der Waals surface area contributed by atoms with Crippen molar-refractivity contribution in [1.29, 1.82) is 0 Å². The van der Waals surface area contributed by atoms with Gasteiger partial charge in [0.15, 0.2) is 0 Å². The van der Waals surface area contributed by atoms with Gasteiger partial charge in [-0.05, 0) is 19.4 Å². The summed E-state index contributed by atoms with van der Waals surface area (Å²) in [6.07, 6.45) is 0.298. The third kappa shape index (κ3) is 3.59. The molecule has 0 aliphatic rings. The topological polar surface area (TPSA) is 63.4 Å². The number of nitrogens with zero attached hydrogens (tertiary/aromatic N) is 1. The smallest absolute Gasteiger partial charge is 0.239 e. The second kappa shape index (κ2) is 6.03. The number of carbonyl (C=O) groups is 2. The van der Waals surface area contributed by atoms with Crippen LogP contribution in [0.3, 0.4) is 0 Å². The predicted molar refractivity (Wildman–Crippen MR) is 66.2 cm³/mol. The Bertz CT molecular complexity index is 390. The first-order chi connectivity index (χ1) is 8.06. The molecule has 1 aromatic carbocycles. The first-order valence-electron chi connectivity index (χ1n) is 5.69. The van der Waals surface area contributed by atoms with Crippen molar-refractivity contribution < 1.29 is 9.59 Å². The molecule has 4 heteroatoms. The number of benzene rings is 1. The molecule has 0 radical (unpaired) electrons. The van der Waals surface area contributed by atoms with Crippen molar-refractivity contribution in [3.05, 3.63) is 35.9 Å². The van der Waals surface area contributed by atoms with Crippen LogP contribution in [0.1, 0.15) is 19.4 Å². The molecule has 2 amide bonds. The van der Waals surface area contributed by atoms with E-state index in [4.69, 9.17) is 5.73 Å². The van der Waals surface area contributed by atoms with Gasteiger partial charge in [-0.3, -0.25) is 9.59 Å². The van der Waals surface area contributed by atoms with Gasteiger partial charge in [0, 0.05) is 6.54 Å². The van der Waals surface area contributed by atoms with Gasteiger partial charge in [0.05, 0.1) is 6.42 Å². The molecule has 92 valence electrons. The fraction of sp³-hybridized carbons (Fsp3) is 0.385. The van der Waals surface area contributed by atoms with Gasteiger partial charge in [-0.2, -0.15) is 0 Å². The number of hydrogen-bond acceptors (Lipinski definition) is 2. The van der Waals surface area contributed by atoms with Crippen molar-refractivity contribution in [2.75, 3.05) is 6.54 Å². The monoisotopic (exact) mass is 234 g/mol. The second-order valence-electron chi connectivity index (χ2n) is 3.92. The lowest BCUT2D eigenvalue weighted by molar-refractivity contribution is -0.137. The number of carbonyl (C=O) groups excluding carboxylic acids is 2. The number of amides is 2. The minimum atomic E-state index is -0.559. The molecule has 1 aromatic rings. The zero-order valence-electron chi connectivity index (χ0n) is 10.2.